The van der Waals surface area contributed by atoms with Gasteiger partial charge >= 0.3 is 0 Å². The minimum absolute atomic E-state index is 0.0148. The van der Waals surface area contributed by atoms with E-state index in [9.17, 15) is 10.1 Å². The van der Waals surface area contributed by atoms with Crippen molar-refractivity contribution in [3.8, 4) is 6.07 Å². The summed E-state index contributed by atoms with van der Waals surface area (Å²) in [5.41, 5.74) is 1.87. The van der Waals surface area contributed by atoms with E-state index in [1.54, 1.807) is 18.2 Å². The van der Waals surface area contributed by atoms with Crippen molar-refractivity contribution in [2.45, 2.75) is 0 Å². The molecule has 0 aliphatic rings. The molecule has 88 valence electrons. The molecular weight excluding hydrogens is 248 g/mol. The Balaban J connectivity index is 2.43. The second-order valence-corrected chi connectivity index (χ2v) is 4.31. The Morgan fingerprint density at radius 2 is 2.28 bits per heavy atom. The molecular formula is C13H8N2O2S. The molecule has 1 heterocycles. The second-order valence-electron chi connectivity index (χ2n) is 3.53. The Morgan fingerprint density at radius 3 is 2.89 bits per heavy atom. The van der Waals surface area contributed by atoms with E-state index in [4.69, 9.17) is 5.26 Å². The van der Waals surface area contributed by atoms with E-state index in [2.05, 4.69) is 6.07 Å². The molecule has 0 aliphatic heterocycles. The van der Waals surface area contributed by atoms with Crippen molar-refractivity contribution in [3.63, 3.8) is 0 Å². The predicted molar refractivity (Wildman–Crippen MR) is 70.9 cm³/mol. The van der Waals surface area contributed by atoms with Gasteiger partial charge in [0.15, 0.2) is 0 Å². The highest BCUT2D eigenvalue weighted by Gasteiger charge is 2.08. The molecule has 0 spiro atoms. The van der Waals surface area contributed by atoms with E-state index in [0.29, 0.717) is 11.1 Å². The minimum Gasteiger partial charge on any atom is -0.258 e. The Kier molecular flexibility index (Phi) is 3.51. The van der Waals surface area contributed by atoms with Crippen LogP contribution in [-0.4, -0.2) is 4.92 Å². The van der Waals surface area contributed by atoms with Crippen LogP contribution in [0.25, 0.3) is 11.6 Å². The normalized spacial score (nSPS) is 10.9. The zero-order chi connectivity index (χ0) is 13.0. The van der Waals surface area contributed by atoms with Gasteiger partial charge in [-0.3, -0.25) is 10.1 Å². The zero-order valence-corrected chi connectivity index (χ0v) is 10.1. The monoisotopic (exact) mass is 256 g/mol. The Labute approximate surface area is 108 Å². The topological polar surface area (TPSA) is 66.9 Å². The van der Waals surface area contributed by atoms with Crippen molar-refractivity contribution in [3.05, 3.63) is 62.3 Å². The number of hydrogen-bond donors (Lipinski definition) is 0. The van der Waals surface area contributed by atoms with E-state index >= 15 is 0 Å². The van der Waals surface area contributed by atoms with Crippen LogP contribution < -0.4 is 0 Å². The molecule has 1 aromatic carbocycles. The summed E-state index contributed by atoms with van der Waals surface area (Å²) < 4.78 is 0. The van der Waals surface area contributed by atoms with Crippen molar-refractivity contribution in [1.82, 2.24) is 0 Å². The van der Waals surface area contributed by atoms with Crippen LogP contribution in [-0.2, 0) is 0 Å². The molecule has 0 fully saturated rings. The van der Waals surface area contributed by atoms with Gasteiger partial charge in [-0.05, 0) is 34.0 Å². The molecule has 0 atom stereocenters. The highest BCUT2D eigenvalue weighted by molar-refractivity contribution is 7.08. The van der Waals surface area contributed by atoms with Crippen molar-refractivity contribution in [2.24, 2.45) is 0 Å². The third kappa shape index (κ3) is 2.62. The third-order valence-electron chi connectivity index (χ3n) is 2.34. The summed E-state index contributed by atoms with van der Waals surface area (Å²) in [4.78, 5) is 10.2. The first-order chi connectivity index (χ1) is 8.70. The standard InChI is InChI=1S/C13H8N2O2S/c14-8-12(6-10-4-5-18-9-10)11-2-1-3-13(7-11)15(16)17/h1-7,9H/b12-6-. The summed E-state index contributed by atoms with van der Waals surface area (Å²) in [5, 5.41) is 23.6. The van der Waals surface area contributed by atoms with Crippen LogP contribution in [0.5, 0.6) is 0 Å². The molecule has 5 heteroatoms. The summed E-state index contributed by atoms with van der Waals surface area (Å²) in [6, 6.07) is 10.0. The minimum atomic E-state index is -0.469. The van der Waals surface area contributed by atoms with Gasteiger partial charge in [-0.25, -0.2) is 0 Å². The lowest BCUT2D eigenvalue weighted by atomic mass is 10.0. The summed E-state index contributed by atoms with van der Waals surface area (Å²) >= 11 is 1.53. The van der Waals surface area contributed by atoms with E-state index < -0.39 is 4.92 Å². The van der Waals surface area contributed by atoms with Gasteiger partial charge in [0, 0.05) is 12.1 Å². The fourth-order valence-corrected chi connectivity index (χ4v) is 2.11. The van der Waals surface area contributed by atoms with Gasteiger partial charge in [0.25, 0.3) is 5.69 Å². The number of benzene rings is 1. The summed E-state index contributed by atoms with van der Waals surface area (Å²) in [6.45, 7) is 0. The van der Waals surface area contributed by atoms with E-state index in [-0.39, 0.29) is 5.69 Å². The van der Waals surface area contributed by atoms with E-state index in [1.165, 1.54) is 23.5 Å². The van der Waals surface area contributed by atoms with Crippen LogP contribution in [0.15, 0.2) is 41.1 Å². The van der Waals surface area contributed by atoms with E-state index in [1.807, 2.05) is 16.8 Å². The molecule has 18 heavy (non-hydrogen) atoms. The molecule has 0 saturated carbocycles. The number of rotatable bonds is 3. The van der Waals surface area contributed by atoms with Crippen LogP contribution >= 0.6 is 11.3 Å². The molecule has 2 rings (SSSR count). The van der Waals surface area contributed by atoms with Crippen molar-refractivity contribution < 1.29 is 4.92 Å². The maximum absolute atomic E-state index is 10.7. The smallest absolute Gasteiger partial charge is 0.258 e. The molecule has 0 amide bonds. The number of nitro benzene ring substituents is 1. The maximum Gasteiger partial charge on any atom is 0.270 e. The average Bonchev–Trinajstić information content (AvgIpc) is 2.89. The lowest BCUT2D eigenvalue weighted by Crippen LogP contribution is -1.89. The van der Waals surface area contributed by atoms with Gasteiger partial charge in [0.2, 0.25) is 0 Å². The largest absolute Gasteiger partial charge is 0.270 e. The molecule has 2 aromatic rings. The average molecular weight is 256 g/mol. The first-order valence-corrected chi connectivity index (χ1v) is 6.04. The maximum atomic E-state index is 10.7. The molecule has 4 nitrogen and oxygen atoms in total. The van der Waals surface area contributed by atoms with E-state index in [0.717, 1.165) is 5.56 Å². The highest BCUT2D eigenvalue weighted by atomic mass is 32.1. The van der Waals surface area contributed by atoms with Crippen molar-refractivity contribution in [1.29, 1.82) is 5.26 Å². The van der Waals surface area contributed by atoms with Crippen LogP contribution in [0.2, 0.25) is 0 Å². The predicted octanol–water partition coefficient (Wildman–Crippen LogP) is 3.72. The Bertz CT molecular complexity index is 639. The number of allylic oxidation sites excluding steroid dienone is 1. The van der Waals surface area contributed by atoms with Crippen LogP contribution in [0.4, 0.5) is 5.69 Å². The molecule has 0 radical (unpaired) electrons. The summed E-state index contributed by atoms with van der Waals surface area (Å²) in [7, 11) is 0. The van der Waals surface area contributed by atoms with Crippen molar-refractivity contribution >= 4 is 28.7 Å². The quantitative estimate of drug-likeness (QED) is 0.477. The molecule has 0 bridgehead atoms. The number of nitro groups is 1. The first kappa shape index (κ1) is 12.0. The van der Waals surface area contributed by atoms with Crippen molar-refractivity contribution in [2.75, 3.05) is 0 Å². The molecule has 0 unspecified atom stereocenters. The molecule has 1 aromatic heterocycles. The SMILES string of the molecule is N#C/C(=C/c1ccsc1)c1cccc([N+](=O)[O-])c1. The van der Waals surface area contributed by atoms with Gasteiger partial charge in [-0.2, -0.15) is 16.6 Å². The number of nitrogens with zero attached hydrogens (tertiary/aromatic N) is 2. The lowest BCUT2D eigenvalue weighted by Gasteiger charge is -1.98. The molecule has 0 aliphatic carbocycles. The molecule has 0 N–H and O–H groups in total. The second kappa shape index (κ2) is 5.25. The Hall–Kier alpha value is -2.45. The summed E-state index contributed by atoms with van der Waals surface area (Å²) in [6.07, 6.45) is 1.72. The fourth-order valence-electron chi connectivity index (χ4n) is 1.49. The van der Waals surface area contributed by atoms with Gasteiger partial charge < -0.3 is 0 Å². The first-order valence-electron chi connectivity index (χ1n) is 5.09. The third-order valence-corrected chi connectivity index (χ3v) is 3.04. The van der Waals surface area contributed by atoms with Gasteiger partial charge in [0.1, 0.15) is 0 Å². The number of nitriles is 1. The fraction of sp³-hybridized carbons (Fsp3) is 0. The lowest BCUT2D eigenvalue weighted by molar-refractivity contribution is -0.384. The number of thiophene rings is 1. The van der Waals surface area contributed by atoms with Gasteiger partial charge in [-0.1, -0.05) is 12.1 Å². The number of hydrogen-bond acceptors (Lipinski definition) is 4. The van der Waals surface area contributed by atoms with Gasteiger partial charge in [0.05, 0.1) is 16.6 Å². The van der Waals surface area contributed by atoms with Crippen LogP contribution in [0, 0.1) is 21.4 Å². The highest BCUT2D eigenvalue weighted by Crippen LogP contribution is 2.22. The molecule has 0 saturated heterocycles. The summed E-state index contributed by atoms with van der Waals surface area (Å²) in [5.74, 6) is 0. The number of non-ortho nitro benzene ring substituents is 1. The Morgan fingerprint density at radius 1 is 1.44 bits per heavy atom. The zero-order valence-electron chi connectivity index (χ0n) is 9.24. The van der Waals surface area contributed by atoms with Crippen LogP contribution in [0.3, 0.4) is 0 Å². The van der Waals surface area contributed by atoms with Gasteiger partial charge in [-0.15, -0.1) is 0 Å². The van der Waals surface area contributed by atoms with Crippen LogP contribution in [0.1, 0.15) is 11.1 Å².